The highest BCUT2D eigenvalue weighted by atomic mass is 16.2. The lowest BCUT2D eigenvalue weighted by atomic mass is 9.78. The molecule has 0 radical (unpaired) electrons. The molecule has 1 heterocycles. The van der Waals surface area contributed by atoms with E-state index in [0.717, 1.165) is 22.5 Å². The highest BCUT2D eigenvalue weighted by molar-refractivity contribution is 6.15. The second-order valence-corrected chi connectivity index (χ2v) is 6.50. The van der Waals surface area contributed by atoms with Crippen molar-refractivity contribution >= 4 is 17.3 Å². The fourth-order valence-electron chi connectivity index (χ4n) is 3.62. The van der Waals surface area contributed by atoms with Crippen molar-refractivity contribution in [1.29, 1.82) is 0 Å². The molecule has 0 unspecified atom stereocenters. The van der Waals surface area contributed by atoms with Crippen LogP contribution in [0.4, 0.5) is 5.69 Å². The maximum Gasteiger partial charge on any atom is 0.257 e. The van der Waals surface area contributed by atoms with Crippen molar-refractivity contribution in [3.63, 3.8) is 0 Å². The molecule has 3 aromatic rings. The zero-order valence-corrected chi connectivity index (χ0v) is 14.6. The van der Waals surface area contributed by atoms with Gasteiger partial charge in [0, 0.05) is 11.6 Å². The minimum absolute atomic E-state index is 0.0198. The molecule has 0 saturated heterocycles. The largest absolute Gasteiger partial charge is 0.272 e. The van der Waals surface area contributed by atoms with E-state index in [0.29, 0.717) is 0 Å². The van der Waals surface area contributed by atoms with Crippen LogP contribution in [0, 0.1) is 5.92 Å². The monoisotopic (exact) mass is 340 g/mol. The molecule has 0 spiro atoms. The Morgan fingerprint density at radius 1 is 0.769 bits per heavy atom. The van der Waals surface area contributed by atoms with Gasteiger partial charge >= 0.3 is 0 Å². The maximum absolute atomic E-state index is 13.3. The third-order valence-electron chi connectivity index (χ3n) is 4.83. The summed E-state index contributed by atoms with van der Waals surface area (Å²) in [4.78, 5) is 13.3. The first kappa shape index (κ1) is 16.3. The van der Waals surface area contributed by atoms with Gasteiger partial charge in [0.05, 0.1) is 11.6 Å². The molecule has 0 aliphatic carbocycles. The van der Waals surface area contributed by atoms with E-state index in [9.17, 15) is 4.79 Å². The van der Waals surface area contributed by atoms with Gasteiger partial charge < -0.3 is 0 Å². The Hall–Kier alpha value is -3.20. The second-order valence-electron chi connectivity index (χ2n) is 6.50. The predicted molar refractivity (Wildman–Crippen MR) is 105 cm³/mol. The van der Waals surface area contributed by atoms with Gasteiger partial charge in [0.25, 0.3) is 5.91 Å². The van der Waals surface area contributed by atoms with Gasteiger partial charge in [-0.15, -0.1) is 0 Å². The highest BCUT2D eigenvalue weighted by Crippen LogP contribution is 2.38. The minimum Gasteiger partial charge on any atom is -0.272 e. The number of carbonyl (C=O) groups is 1. The van der Waals surface area contributed by atoms with Gasteiger partial charge in [0.1, 0.15) is 0 Å². The molecule has 3 heteroatoms. The summed E-state index contributed by atoms with van der Waals surface area (Å²) in [7, 11) is 0. The SMILES string of the molecule is CC1=NN(c2ccccc2)C(=O)[C@@H]1C(c1ccccc1)c1ccccc1. The van der Waals surface area contributed by atoms with E-state index in [1.165, 1.54) is 0 Å². The van der Waals surface area contributed by atoms with Gasteiger partial charge in [-0.3, -0.25) is 4.79 Å². The number of rotatable bonds is 4. The molecule has 3 nitrogen and oxygen atoms in total. The molecule has 0 N–H and O–H groups in total. The third kappa shape index (κ3) is 2.92. The molecule has 128 valence electrons. The Morgan fingerprint density at radius 3 is 1.73 bits per heavy atom. The minimum atomic E-state index is -0.306. The van der Waals surface area contributed by atoms with Gasteiger partial charge in [0.2, 0.25) is 0 Å². The molecule has 4 rings (SSSR count). The summed E-state index contributed by atoms with van der Waals surface area (Å²) in [6, 6.07) is 30.0. The van der Waals surface area contributed by atoms with Crippen LogP contribution in [0.3, 0.4) is 0 Å². The maximum atomic E-state index is 13.3. The Kier molecular flexibility index (Phi) is 4.36. The zero-order valence-electron chi connectivity index (χ0n) is 14.6. The van der Waals surface area contributed by atoms with Crippen LogP contribution in [0.2, 0.25) is 0 Å². The molecule has 26 heavy (non-hydrogen) atoms. The van der Waals surface area contributed by atoms with Crippen molar-refractivity contribution in [2.24, 2.45) is 11.0 Å². The molecule has 1 amide bonds. The summed E-state index contributed by atoms with van der Waals surface area (Å²) in [5.74, 6) is -0.339. The van der Waals surface area contributed by atoms with Crippen molar-refractivity contribution in [1.82, 2.24) is 0 Å². The Labute approximate surface area is 153 Å². The number of hydrazone groups is 1. The number of carbonyl (C=O) groups excluding carboxylic acids is 1. The van der Waals surface area contributed by atoms with Crippen molar-refractivity contribution in [3.8, 4) is 0 Å². The number of anilines is 1. The van der Waals surface area contributed by atoms with Crippen LogP contribution in [0.15, 0.2) is 96.1 Å². The summed E-state index contributed by atoms with van der Waals surface area (Å²) >= 11 is 0. The first-order valence-electron chi connectivity index (χ1n) is 8.80. The predicted octanol–water partition coefficient (Wildman–Crippen LogP) is 4.86. The van der Waals surface area contributed by atoms with Crippen LogP contribution in [-0.4, -0.2) is 11.6 Å². The Bertz CT molecular complexity index is 881. The van der Waals surface area contributed by atoms with Crippen molar-refractivity contribution in [3.05, 3.63) is 102 Å². The second kappa shape index (κ2) is 6.96. The van der Waals surface area contributed by atoms with Crippen LogP contribution < -0.4 is 5.01 Å². The van der Waals surface area contributed by atoms with Crippen LogP contribution in [0.5, 0.6) is 0 Å². The third-order valence-corrected chi connectivity index (χ3v) is 4.83. The molecular weight excluding hydrogens is 320 g/mol. The normalized spacial score (nSPS) is 16.8. The first-order chi connectivity index (χ1) is 12.8. The average Bonchev–Trinajstić information content (AvgIpc) is 2.99. The van der Waals surface area contributed by atoms with Gasteiger partial charge in [-0.05, 0) is 30.2 Å². The van der Waals surface area contributed by atoms with Gasteiger partial charge in [-0.1, -0.05) is 78.9 Å². The molecule has 1 aliphatic heterocycles. The van der Waals surface area contributed by atoms with E-state index < -0.39 is 0 Å². The van der Waals surface area contributed by atoms with Crippen LogP contribution in [0.25, 0.3) is 0 Å². The molecule has 0 fully saturated rings. The number of nitrogens with zero attached hydrogens (tertiary/aromatic N) is 2. The lowest BCUT2D eigenvalue weighted by Crippen LogP contribution is -2.32. The molecule has 3 aromatic carbocycles. The topological polar surface area (TPSA) is 32.7 Å². The zero-order chi connectivity index (χ0) is 17.9. The lowest BCUT2D eigenvalue weighted by Gasteiger charge is -2.24. The number of hydrogen-bond donors (Lipinski definition) is 0. The van der Waals surface area contributed by atoms with Crippen molar-refractivity contribution in [2.45, 2.75) is 12.8 Å². The molecule has 0 bridgehead atoms. The van der Waals surface area contributed by atoms with E-state index in [1.807, 2.05) is 73.7 Å². The van der Waals surface area contributed by atoms with E-state index in [-0.39, 0.29) is 17.7 Å². The lowest BCUT2D eigenvalue weighted by molar-refractivity contribution is -0.120. The summed E-state index contributed by atoms with van der Waals surface area (Å²) < 4.78 is 0. The molecule has 0 saturated carbocycles. The summed E-state index contributed by atoms with van der Waals surface area (Å²) in [5.41, 5.74) is 3.90. The smallest absolute Gasteiger partial charge is 0.257 e. The Morgan fingerprint density at radius 2 is 1.23 bits per heavy atom. The number of benzene rings is 3. The average molecular weight is 340 g/mol. The molecule has 1 atom stereocenters. The summed E-state index contributed by atoms with van der Waals surface area (Å²) in [5, 5.41) is 6.13. The Balaban J connectivity index is 1.77. The van der Waals surface area contributed by atoms with Crippen LogP contribution in [0.1, 0.15) is 24.0 Å². The number of hydrogen-bond acceptors (Lipinski definition) is 2. The standard InChI is InChI=1S/C23H20N2O/c1-17-21(23(26)25(24-17)20-15-9-4-10-16-20)22(18-11-5-2-6-12-18)19-13-7-3-8-14-19/h2-16,21-22H,1H3/t21-/m0/s1. The van der Waals surface area contributed by atoms with Crippen molar-refractivity contribution < 1.29 is 4.79 Å². The first-order valence-corrected chi connectivity index (χ1v) is 8.80. The van der Waals surface area contributed by atoms with E-state index in [2.05, 4.69) is 29.4 Å². The fraction of sp³-hybridized carbons (Fsp3) is 0.130. The molecule has 1 aliphatic rings. The van der Waals surface area contributed by atoms with Gasteiger partial charge in [0.15, 0.2) is 0 Å². The van der Waals surface area contributed by atoms with Crippen LogP contribution in [-0.2, 0) is 4.79 Å². The van der Waals surface area contributed by atoms with Gasteiger partial charge in [-0.2, -0.15) is 5.10 Å². The van der Waals surface area contributed by atoms with Crippen molar-refractivity contribution in [2.75, 3.05) is 5.01 Å². The summed E-state index contributed by atoms with van der Waals surface area (Å²) in [6.45, 7) is 1.95. The van der Waals surface area contributed by atoms with Crippen LogP contribution >= 0.6 is 0 Å². The van der Waals surface area contributed by atoms with E-state index >= 15 is 0 Å². The van der Waals surface area contributed by atoms with E-state index in [4.69, 9.17) is 0 Å². The molecular formula is C23H20N2O. The number of para-hydroxylation sites is 1. The quantitative estimate of drug-likeness (QED) is 0.668. The number of amides is 1. The van der Waals surface area contributed by atoms with Gasteiger partial charge in [-0.25, -0.2) is 5.01 Å². The summed E-state index contributed by atoms with van der Waals surface area (Å²) in [6.07, 6.45) is 0. The molecule has 0 aromatic heterocycles. The fourth-order valence-corrected chi connectivity index (χ4v) is 3.62. The van der Waals surface area contributed by atoms with E-state index in [1.54, 1.807) is 5.01 Å². The highest BCUT2D eigenvalue weighted by Gasteiger charge is 2.41.